The first-order valence-corrected chi connectivity index (χ1v) is 30.2. The van der Waals surface area contributed by atoms with Crippen molar-refractivity contribution in [3.63, 3.8) is 0 Å². The Kier molecular flexibility index (Phi) is 16.2. The van der Waals surface area contributed by atoms with Crippen LogP contribution < -0.4 is 29.4 Å². The summed E-state index contributed by atoms with van der Waals surface area (Å²) in [5, 5.41) is 0. The van der Waals surface area contributed by atoms with Crippen molar-refractivity contribution < 1.29 is 0 Å². The number of rotatable bonds is 19. The van der Waals surface area contributed by atoms with Crippen LogP contribution in [-0.2, 0) is 0 Å². The Morgan fingerprint density at radius 2 is 0.289 bits per heavy atom. The Hall–Kier alpha value is -12.3. The fourth-order valence-electron chi connectivity index (χ4n) is 11.8. The molecule has 0 saturated heterocycles. The van der Waals surface area contributed by atoms with Crippen molar-refractivity contribution in [2.75, 3.05) is 29.4 Å². The largest absolute Gasteiger partial charge is 0.311 e. The molecular weight excluding hydrogens is 1100 g/mol. The van der Waals surface area contributed by atoms with Crippen LogP contribution in [-0.4, -0.2) is 9.97 Å². The third-order valence-electron chi connectivity index (χ3n) is 15.9. The van der Waals surface area contributed by atoms with Crippen molar-refractivity contribution in [1.29, 1.82) is 0 Å². The summed E-state index contributed by atoms with van der Waals surface area (Å²) in [6, 6.07) is 124. The van der Waals surface area contributed by atoms with Crippen molar-refractivity contribution in [2.24, 2.45) is 0 Å². The van der Waals surface area contributed by atoms with Gasteiger partial charge in [-0.1, -0.05) is 146 Å². The second-order valence-corrected chi connectivity index (χ2v) is 21.5. The van der Waals surface area contributed by atoms with Crippen LogP contribution in [0.5, 0.6) is 0 Å². The molecule has 2 heterocycles. The number of para-hydroxylation sites is 8. The molecule has 8 nitrogen and oxygen atoms in total. The molecule has 90 heavy (non-hydrogen) atoms. The van der Waals surface area contributed by atoms with E-state index < -0.39 is 0 Å². The Balaban J connectivity index is 0.924. The highest BCUT2D eigenvalue weighted by Gasteiger charge is 2.26. The molecule has 430 valence electrons. The SMILES string of the molecule is c1ccc(N(c2ccccc2)c2ccc(N(c3ccc(N(c4ccccc4)c4ccccc4)cc3)c3ccncc3-c3cnccc3N(c3ccc(N(c4ccccc4)c4ccccc4)cc3)c3ccc(N(c4ccccc4)c4ccccc4)cc3)cc2)cc1. The minimum absolute atomic E-state index is 0.885. The molecule has 0 N–H and O–H groups in total. The van der Waals surface area contributed by atoms with Crippen LogP contribution in [0.3, 0.4) is 0 Å². The maximum atomic E-state index is 4.93. The number of aromatic nitrogens is 2. The van der Waals surface area contributed by atoms with Gasteiger partial charge in [0, 0.05) is 127 Å². The molecular formula is C82H62N8. The van der Waals surface area contributed by atoms with E-state index in [4.69, 9.17) is 9.97 Å². The maximum Gasteiger partial charge on any atom is 0.0572 e. The molecule has 12 aromatic carbocycles. The molecule has 0 spiro atoms. The van der Waals surface area contributed by atoms with Crippen LogP contribution in [0.4, 0.5) is 102 Å². The van der Waals surface area contributed by atoms with Gasteiger partial charge in [-0.2, -0.15) is 0 Å². The second kappa shape index (κ2) is 26.2. The van der Waals surface area contributed by atoms with Crippen molar-refractivity contribution in [2.45, 2.75) is 0 Å². The molecule has 14 aromatic rings. The Morgan fingerprint density at radius 3 is 0.456 bits per heavy atom. The number of pyridine rings is 2. The lowest BCUT2D eigenvalue weighted by Gasteiger charge is -2.32. The van der Waals surface area contributed by atoms with Crippen molar-refractivity contribution in [3.05, 3.63) is 377 Å². The molecule has 14 rings (SSSR count). The highest BCUT2D eigenvalue weighted by molar-refractivity contribution is 5.96. The van der Waals surface area contributed by atoms with Gasteiger partial charge in [-0.05, 0) is 206 Å². The second-order valence-electron chi connectivity index (χ2n) is 21.5. The van der Waals surface area contributed by atoms with Gasteiger partial charge in [0.1, 0.15) is 0 Å². The average Bonchev–Trinajstić information content (AvgIpc) is 1.25. The van der Waals surface area contributed by atoms with Gasteiger partial charge in [-0.25, -0.2) is 0 Å². The molecule has 0 amide bonds. The molecule has 0 atom stereocenters. The standard InChI is InChI=1S/C82H62N8/c1-9-25-63(26-10-1)85(64-27-11-2-12-28-64)71-41-49-75(50-42-71)89(76-51-43-72(44-52-76)86(65-29-13-3-14-30-65)66-31-15-4-16-32-66)81-57-59-83-61-79(81)80-62-84-60-58-82(80)90(77-53-45-73(46-54-77)87(67-33-17-5-18-34-67)68-35-19-6-20-36-68)78-55-47-74(48-56-78)88(69-37-21-7-22-38-69)70-39-23-8-24-40-70/h1-62H. The zero-order chi connectivity index (χ0) is 60.3. The summed E-state index contributed by atoms with van der Waals surface area (Å²) in [4.78, 5) is 23.7. The van der Waals surface area contributed by atoms with Gasteiger partial charge in [0.05, 0.1) is 11.4 Å². The smallest absolute Gasteiger partial charge is 0.0572 e. The summed E-state index contributed by atoms with van der Waals surface area (Å²) in [6.45, 7) is 0. The molecule has 0 bridgehead atoms. The fourth-order valence-corrected chi connectivity index (χ4v) is 11.8. The number of hydrogen-bond donors (Lipinski definition) is 0. The minimum Gasteiger partial charge on any atom is -0.311 e. The van der Waals surface area contributed by atoms with Crippen molar-refractivity contribution in [3.8, 4) is 11.1 Å². The Bertz CT molecular complexity index is 3840. The summed E-state index contributed by atoms with van der Waals surface area (Å²) in [5.41, 5.74) is 20.0. The van der Waals surface area contributed by atoms with E-state index in [0.717, 1.165) is 113 Å². The zero-order valence-electron chi connectivity index (χ0n) is 49.4. The van der Waals surface area contributed by atoms with E-state index in [1.807, 2.05) is 24.8 Å². The van der Waals surface area contributed by atoms with Gasteiger partial charge >= 0.3 is 0 Å². The van der Waals surface area contributed by atoms with Crippen LogP contribution in [0.25, 0.3) is 11.1 Å². The van der Waals surface area contributed by atoms with E-state index in [-0.39, 0.29) is 0 Å². The number of benzene rings is 12. The van der Waals surface area contributed by atoms with Gasteiger partial charge in [0.15, 0.2) is 0 Å². The molecule has 0 aliphatic carbocycles. The van der Waals surface area contributed by atoms with E-state index in [0.29, 0.717) is 0 Å². The molecule has 0 saturated carbocycles. The summed E-state index contributed by atoms with van der Waals surface area (Å²) >= 11 is 0. The van der Waals surface area contributed by atoms with E-state index in [1.165, 1.54) is 0 Å². The maximum absolute atomic E-state index is 4.93. The third kappa shape index (κ3) is 11.8. The topological polar surface area (TPSA) is 45.2 Å². The normalized spacial score (nSPS) is 10.9. The number of nitrogens with zero attached hydrogens (tertiary/aromatic N) is 8. The highest BCUT2D eigenvalue weighted by atomic mass is 15.2. The molecule has 0 aliphatic heterocycles. The summed E-state index contributed by atoms with van der Waals surface area (Å²) < 4.78 is 0. The average molecular weight is 1160 g/mol. The predicted molar refractivity (Wildman–Crippen MR) is 376 cm³/mol. The summed E-state index contributed by atoms with van der Waals surface area (Å²) in [7, 11) is 0. The Labute approximate surface area is 526 Å². The lowest BCUT2D eigenvalue weighted by molar-refractivity contribution is 1.21. The first kappa shape index (κ1) is 55.6. The van der Waals surface area contributed by atoms with E-state index in [1.54, 1.807) is 0 Å². The fraction of sp³-hybridized carbons (Fsp3) is 0. The van der Waals surface area contributed by atoms with Crippen LogP contribution >= 0.6 is 0 Å². The molecule has 0 aliphatic rings. The van der Waals surface area contributed by atoms with Gasteiger partial charge in [-0.3, -0.25) is 9.97 Å². The van der Waals surface area contributed by atoms with Gasteiger partial charge in [0.25, 0.3) is 0 Å². The highest BCUT2D eigenvalue weighted by Crippen LogP contribution is 2.49. The van der Waals surface area contributed by atoms with Gasteiger partial charge in [-0.15, -0.1) is 0 Å². The quantitative estimate of drug-likeness (QED) is 0.0794. The summed E-state index contributed by atoms with van der Waals surface area (Å²) in [5.74, 6) is 0. The van der Waals surface area contributed by atoms with E-state index in [2.05, 4.69) is 381 Å². The van der Waals surface area contributed by atoms with Crippen LogP contribution in [0.15, 0.2) is 377 Å². The predicted octanol–water partition coefficient (Wildman–Crippen LogP) is 23.0. The summed E-state index contributed by atoms with van der Waals surface area (Å²) in [6.07, 6.45) is 7.72. The van der Waals surface area contributed by atoms with Crippen molar-refractivity contribution >= 4 is 102 Å². The molecule has 0 radical (unpaired) electrons. The van der Waals surface area contributed by atoms with E-state index >= 15 is 0 Å². The minimum atomic E-state index is 0.885. The molecule has 8 heteroatoms. The van der Waals surface area contributed by atoms with Crippen LogP contribution in [0.2, 0.25) is 0 Å². The molecule has 0 unspecified atom stereocenters. The van der Waals surface area contributed by atoms with Crippen molar-refractivity contribution in [1.82, 2.24) is 9.97 Å². The lowest BCUT2D eigenvalue weighted by atomic mass is 10.0. The number of anilines is 18. The number of hydrogen-bond acceptors (Lipinski definition) is 8. The van der Waals surface area contributed by atoms with E-state index in [9.17, 15) is 0 Å². The van der Waals surface area contributed by atoms with Crippen LogP contribution in [0, 0.1) is 0 Å². The Morgan fingerprint density at radius 1 is 0.144 bits per heavy atom. The first-order chi connectivity index (χ1) is 44.7. The zero-order valence-corrected chi connectivity index (χ0v) is 49.4. The molecule has 2 aromatic heterocycles. The van der Waals surface area contributed by atoms with Gasteiger partial charge < -0.3 is 29.4 Å². The third-order valence-corrected chi connectivity index (χ3v) is 15.9. The van der Waals surface area contributed by atoms with Gasteiger partial charge in [0.2, 0.25) is 0 Å². The lowest BCUT2D eigenvalue weighted by Crippen LogP contribution is -2.15. The monoisotopic (exact) mass is 1160 g/mol. The van der Waals surface area contributed by atoms with Crippen LogP contribution in [0.1, 0.15) is 0 Å². The molecule has 0 fully saturated rings. The first-order valence-electron chi connectivity index (χ1n) is 30.2.